The number of nitrogens with two attached hydrogens (primary N) is 1. The molecule has 3 rings (SSSR count). The van der Waals surface area contributed by atoms with Crippen LogP contribution in [0.4, 0.5) is 0 Å². The molecule has 2 aliphatic carbocycles. The molecule has 1 heterocycles. The van der Waals surface area contributed by atoms with Crippen LogP contribution in [-0.2, 0) is 4.79 Å². The van der Waals surface area contributed by atoms with Gasteiger partial charge in [0.2, 0.25) is 5.91 Å². The van der Waals surface area contributed by atoms with Gasteiger partial charge in [0.05, 0.1) is 0 Å². The predicted molar refractivity (Wildman–Crippen MR) is 81.1 cm³/mol. The van der Waals surface area contributed by atoms with Gasteiger partial charge >= 0.3 is 0 Å². The summed E-state index contributed by atoms with van der Waals surface area (Å²) >= 11 is 0. The van der Waals surface area contributed by atoms with Crippen molar-refractivity contribution in [1.29, 1.82) is 0 Å². The molecule has 1 amide bonds. The van der Waals surface area contributed by atoms with Crippen LogP contribution in [0.3, 0.4) is 0 Å². The van der Waals surface area contributed by atoms with E-state index in [1.54, 1.807) is 0 Å². The number of piperidine rings is 1. The second-order valence-electron chi connectivity index (χ2n) is 7.40. The fraction of sp³-hybridized carbons (Fsp3) is 0.941. The summed E-state index contributed by atoms with van der Waals surface area (Å²) in [6.45, 7) is 4.25. The van der Waals surface area contributed by atoms with Gasteiger partial charge in [0.15, 0.2) is 0 Å². The lowest BCUT2D eigenvalue weighted by Crippen LogP contribution is -2.51. The molecule has 3 nitrogen and oxygen atoms in total. The standard InChI is InChI=1S/C17H30N2O/c1-2-12-5-4-8-19(11-12)17(20)15-9-13-6-3-7-14(10-15)16(13)18/h12-16H,2-11,18H2,1H3. The Morgan fingerprint density at radius 1 is 1.15 bits per heavy atom. The molecule has 1 aliphatic heterocycles. The second kappa shape index (κ2) is 6.05. The zero-order chi connectivity index (χ0) is 14.1. The molecule has 3 atom stereocenters. The van der Waals surface area contributed by atoms with Crippen molar-refractivity contribution in [3.8, 4) is 0 Å². The van der Waals surface area contributed by atoms with Crippen molar-refractivity contribution in [2.24, 2.45) is 29.4 Å². The number of carbonyl (C=O) groups is 1. The van der Waals surface area contributed by atoms with Crippen LogP contribution >= 0.6 is 0 Å². The largest absolute Gasteiger partial charge is 0.342 e. The highest BCUT2D eigenvalue weighted by atomic mass is 16.2. The van der Waals surface area contributed by atoms with Gasteiger partial charge in [-0.2, -0.15) is 0 Å². The third-order valence-electron chi connectivity index (χ3n) is 6.17. The average Bonchev–Trinajstić information content (AvgIpc) is 2.46. The van der Waals surface area contributed by atoms with Crippen LogP contribution in [-0.4, -0.2) is 29.9 Å². The van der Waals surface area contributed by atoms with Crippen LogP contribution in [0.1, 0.15) is 58.3 Å². The first-order chi connectivity index (χ1) is 9.69. The lowest BCUT2D eigenvalue weighted by atomic mass is 9.65. The van der Waals surface area contributed by atoms with Gasteiger partial charge in [-0.15, -0.1) is 0 Å². The van der Waals surface area contributed by atoms with Crippen LogP contribution in [0.5, 0.6) is 0 Å². The normalized spacial score (nSPS) is 41.5. The fourth-order valence-corrected chi connectivity index (χ4v) is 4.85. The second-order valence-corrected chi connectivity index (χ2v) is 7.40. The number of hydrogen-bond donors (Lipinski definition) is 1. The summed E-state index contributed by atoms with van der Waals surface area (Å²) in [6, 6.07) is 0.373. The van der Waals surface area contributed by atoms with Crippen LogP contribution in [0.15, 0.2) is 0 Å². The summed E-state index contributed by atoms with van der Waals surface area (Å²) in [5, 5.41) is 0. The molecule has 114 valence electrons. The lowest BCUT2D eigenvalue weighted by Gasteiger charge is -2.45. The minimum atomic E-state index is 0.278. The van der Waals surface area contributed by atoms with E-state index in [1.807, 2.05) is 0 Å². The molecular weight excluding hydrogens is 248 g/mol. The van der Waals surface area contributed by atoms with Crippen LogP contribution in [0, 0.1) is 23.7 Å². The number of nitrogens with zero attached hydrogens (tertiary/aromatic N) is 1. The predicted octanol–water partition coefficient (Wildman–Crippen LogP) is 2.79. The van der Waals surface area contributed by atoms with E-state index < -0.39 is 0 Å². The van der Waals surface area contributed by atoms with Crippen molar-refractivity contribution < 1.29 is 4.79 Å². The van der Waals surface area contributed by atoms with Crippen molar-refractivity contribution in [3.05, 3.63) is 0 Å². The molecule has 20 heavy (non-hydrogen) atoms. The Morgan fingerprint density at radius 3 is 2.50 bits per heavy atom. The fourth-order valence-electron chi connectivity index (χ4n) is 4.85. The molecule has 2 saturated carbocycles. The van der Waals surface area contributed by atoms with Gasteiger partial charge in [0, 0.05) is 25.0 Å². The Hall–Kier alpha value is -0.570. The number of amides is 1. The van der Waals surface area contributed by atoms with Gasteiger partial charge < -0.3 is 10.6 Å². The van der Waals surface area contributed by atoms with Crippen LogP contribution < -0.4 is 5.73 Å². The van der Waals surface area contributed by atoms with E-state index >= 15 is 0 Å². The van der Waals surface area contributed by atoms with Gasteiger partial charge in [-0.05, 0) is 56.3 Å². The Kier molecular flexibility index (Phi) is 4.34. The molecular formula is C17H30N2O. The highest BCUT2D eigenvalue weighted by Crippen LogP contribution is 2.42. The molecule has 0 aromatic carbocycles. The van der Waals surface area contributed by atoms with Gasteiger partial charge in [-0.1, -0.05) is 19.8 Å². The van der Waals surface area contributed by atoms with Crippen molar-refractivity contribution in [2.75, 3.05) is 13.1 Å². The van der Waals surface area contributed by atoms with Crippen molar-refractivity contribution in [1.82, 2.24) is 4.90 Å². The van der Waals surface area contributed by atoms with E-state index in [0.717, 1.165) is 31.8 Å². The summed E-state index contributed by atoms with van der Waals surface area (Å²) in [5.41, 5.74) is 6.34. The maximum Gasteiger partial charge on any atom is 0.225 e. The molecule has 0 aromatic heterocycles. The smallest absolute Gasteiger partial charge is 0.225 e. The molecule has 1 saturated heterocycles. The molecule has 3 aliphatic rings. The molecule has 3 fully saturated rings. The zero-order valence-electron chi connectivity index (χ0n) is 12.9. The third-order valence-corrected chi connectivity index (χ3v) is 6.17. The molecule has 0 radical (unpaired) electrons. The Labute approximate surface area is 123 Å². The summed E-state index contributed by atoms with van der Waals surface area (Å²) in [7, 11) is 0. The maximum absolute atomic E-state index is 12.8. The minimum absolute atomic E-state index is 0.278. The van der Waals surface area contributed by atoms with Crippen molar-refractivity contribution in [3.63, 3.8) is 0 Å². The summed E-state index contributed by atoms with van der Waals surface area (Å²) in [6.07, 6.45) is 9.66. The molecule has 2 N–H and O–H groups in total. The van der Waals surface area contributed by atoms with E-state index in [9.17, 15) is 4.79 Å². The number of hydrogen-bond acceptors (Lipinski definition) is 2. The van der Waals surface area contributed by atoms with E-state index in [0.29, 0.717) is 23.8 Å². The minimum Gasteiger partial charge on any atom is -0.342 e. The SMILES string of the molecule is CCC1CCCN(C(=O)C2CC3CCCC(C2)C3N)C1. The quantitative estimate of drug-likeness (QED) is 0.844. The highest BCUT2D eigenvalue weighted by Gasteiger charge is 2.41. The first-order valence-corrected chi connectivity index (χ1v) is 8.73. The number of fused-ring (bicyclic) bond motifs is 2. The van der Waals surface area contributed by atoms with Crippen molar-refractivity contribution >= 4 is 5.91 Å². The Morgan fingerprint density at radius 2 is 1.85 bits per heavy atom. The topological polar surface area (TPSA) is 46.3 Å². The summed E-state index contributed by atoms with van der Waals surface area (Å²) < 4.78 is 0. The van der Waals surface area contributed by atoms with Gasteiger partial charge in [-0.25, -0.2) is 0 Å². The van der Waals surface area contributed by atoms with E-state index in [2.05, 4.69) is 11.8 Å². The van der Waals surface area contributed by atoms with Gasteiger partial charge in [0.25, 0.3) is 0 Å². The van der Waals surface area contributed by atoms with Crippen molar-refractivity contribution in [2.45, 2.75) is 64.3 Å². The highest BCUT2D eigenvalue weighted by molar-refractivity contribution is 5.79. The maximum atomic E-state index is 12.8. The monoisotopic (exact) mass is 278 g/mol. The first-order valence-electron chi connectivity index (χ1n) is 8.73. The summed E-state index contributed by atoms with van der Waals surface area (Å²) in [5.74, 6) is 2.69. The van der Waals surface area contributed by atoms with E-state index in [4.69, 9.17) is 5.73 Å². The van der Waals surface area contributed by atoms with E-state index in [-0.39, 0.29) is 5.92 Å². The van der Waals surface area contributed by atoms with Gasteiger partial charge in [-0.3, -0.25) is 4.79 Å². The molecule has 3 heteroatoms. The zero-order valence-corrected chi connectivity index (χ0v) is 12.9. The van der Waals surface area contributed by atoms with E-state index in [1.165, 1.54) is 38.5 Å². The average molecular weight is 278 g/mol. The number of rotatable bonds is 2. The number of carbonyl (C=O) groups excluding carboxylic acids is 1. The lowest BCUT2D eigenvalue weighted by molar-refractivity contribution is -0.140. The Bertz CT molecular complexity index is 343. The summed E-state index contributed by atoms with van der Waals surface area (Å²) in [4.78, 5) is 15.0. The third kappa shape index (κ3) is 2.74. The Balaban J connectivity index is 1.62. The number of likely N-dealkylation sites (tertiary alicyclic amines) is 1. The first kappa shape index (κ1) is 14.4. The molecule has 3 unspecified atom stereocenters. The molecule has 2 bridgehead atoms. The van der Waals surface area contributed by atoms with Crippen LogP contribution in [0.25, 0.3) is 0 Å². The molecule has 0 aromatic rings. The molecule has 0 spiro atoms. The van der Waals surface area contributed by atoms with Gasteiger partial charge in [0.1, 0.15) is 0 Å². The van der Waals surface area contributed by atoms with Crippen LogP contribution in [0.2, 0.25) is 0 Å².